The van der Waals surface area contributed by atoms with Crippen LogP contribution in [-0.2, 0) is 6.18 Å². The van der Waals surface area contributed by atoms with E-state index in [-0.39, 0.29) is 22.7 Å². The summed E-state index contributed by atoms with van der Waals surface area (Å²) in [5, 5.41) is 5.15. The summed E-state index contributed by atoms with van der Waals surface area (Å²) in [7, 11) is 1.43. The summed E-state index contributed by atoms with van der Waals surface area (Å²) in [6, 6.07) is 15.2. The number of benzene rings is 2. The number of ether oxygens (including phenoxy) is 1. The predicted molar refractivity (Wildman–Crippen MR) is 107 cm³/mol. The molecule has 0 N–H and O–H groups in total. The molecule has 0 fully saturated rings. The SMILES string of the molecule is COc1nc2ccccc2cc1-c1nn(-c2cccc(C(F)(F)F)c2)c(C)cc1=O. The lowest BCUT2D eigenvalue weighted by atomic mass is 10.1. The molecule has 4 rings (SSSR count). The average molecular weight is 411 g/mol. The molecule has 0 amide bonds. The molecular weight excluding hydrogens is 395 g/mol. The van der Waals surface area contributed by atoms with Crippen molar-refractivity contribution < 1.29 is 17.9 Å². The molecule has 2 aromatic carbocycles. The molecule has 0 saturated heterocycles. The number of methoxy groups -OCH3 is 1. The summed E-state index contributed by atoms with van der Waals surface area (Å²) in [5.41, 5.74) is 0.489. The molecule has 8 heteroatoms. The molecule has 0 bridgehead atoms. The monoisotopic (exact) mass is 411 g/mol. The number of aromatic nitrogens is 3. The molecule has 152 valence electrons. The number of hydrogen-bond acceptors (Lipinski definition) is 4. The van der Waals surface area contributed by atoms with Crippen molar-refractivity contribution in [2.75, 3.05) is 7.11 Å². The lowest BCUT2D eigenvalue weighted by molar-refractivity contribution is -0.137. The van der Waals surface area contributed by atoms with Gasteiger partial charge in [0.1, 0.15) is 5.69 Å². The van der Waals surface area contributed by atoms with Crippen LogP contribution >= 0.6 is 0 Å². The first-order valence-corrected chi connectivity index (χ1v) is 9.00. The smallest absolute Gasteiger partial charge is 0.416 e. The molecule has 0 unspecified atom stereocenters. The molecule has 30 heavy (non-hydrogen) atoms. The maximum absolute atomic E-state index is 13.1. The maximum atomic E-state index is 13.1. The second-order valence-corrected chi connectivity index (χ2v) is 6.70. The van der Waals surface area contributed by atoms with Crippen LogP contribution in [0.25, 0.3) is 27.8 Å². The molecular formula is C22H16F3N3O2. The lowest BCUT2D eigenvalue weighted by Crippen LogP contribution is -2.17. The fourth-order valence-electron chi connectivity index (χ4n) is 3.23. The Balaban J connectivity index is 1.94. The minimum absolute atomic E-state index is 0.0353. The van der Waals surface area contributed by atoms with Gasteiger partial charge in [-0.2, -0.15) is 18.3 Å². The Labute approximate surface area is 169 Å². The zero-order valence-corrected chi connectivity index (χ0v) is 16.1. The van der Waals surface area contributed by atoms with E-state index in [1.807, 2.05) is 24.3 Å². The van der Waals surface area contributed by atoms with E-state index >= 15 is 0 Å². The van der Waals surface area contributed by atoms with Gasteiger partial charge in [0.15, 0.2) is 0 Å². The molecule has 0 atom stereocenters. The van der Waals surface area contributed by atoms with Crippen molar-refractivity contribution in [3.05, 3.63) is 82.1 Å². The molecule has 2 heterocycles. The molecule has 0 radical (unpaired) electrons. The number of pyridine rings is 1. The third-order valence-corrected chi connectivity index (χ3v) is 4.66. The summed E-state index contributed by atoms with van der Waals surface area (Å²) >= 11 is 0. The Morgan fingerprint density at radius 2 is 1.77 bits per heavy atom. The van der Waals surface area contributed by atoms with Crippen molar-refractivity contribution in [3.63, 3.8) is 0 Å². The maximum Gasteiger partial charge on any atom is 0.416 e. The van der Waals surface area contributed by atoms with E-state index < -0.39 is 11.7 Å². The Morgan fingerprint density at radius 3 is 2.50 bits per heavy atom. The number of nitrogens with zero attached hydrogens (tertiary/aromatic N) is 3. The standard InChI is InChI=1S/C22H16F3N3O2/c1-13-10-19(29)20(17-11-14-6-3-4-9-18(14)26-21(17)30-2)27-28(13)16-8-5-7-15(12-16)22(23,24)25/h3-12H,1-2H3. The number of fused-ring (bicyclic) bond motifs is 1. The highest BCUT2D eigenvalue weighted by Gasteiger charge is 2.30. The molecule has 0 spiro atoms. The van der Waals surface area contributed by atoms with Gasteiger partial charge in [0.25, 0.3) is 0 Å². The van der Waals surface area contributed by atoms with E-state index in [1.165, 1.54) is 30.0 Å². The zero-order chi connectivity index (χ0) is 21.5. The number of rotatable bonds is 3. The van der Waals surface area contributed by atoms with Crippen LogP contribution in [0.1, 0.15) is 11.3 Å². The third-order valence-electron chi connectivity index (χ3n) is 4.66. The third kappa shape index (κ3) is 3.52. The van der Waals surface area contributed by atoms with E-state index in [1.54, 1.807) is 13.0 Å². The predicted octanol–water partition coefficient (Wildman–Crippen LogP) is 4.78. The van der Waals surface area contributed by atoms with Crippen LogP contribution in [0.3, 0.4) is 0 Å². The second kappa shape index (κ2) is 7.29. The molecule has 0 aliphatic rings. The average Bonchev–Trinajstić information content (AvgIpc) is 2.72. The van der Waals surface area contributed by atoms with Crippen LogP contribution in [0.4, 0.5) is 13.2 Å². The Morgan fingerprint density at radius 1 is 1.00 bits per heavy atom. The van der Waals surface area contributed by atoms with Gasteiger partial charge in [-0.3, -0.25) is 4.79 Å². The topological polar surface area (TPSA) is 57.0 Å². The number of halogens is 3. The van der Waals surface area contributed by atoms with Crippen molar-refractivity contribution in [1.82, 2.24) is 14.8 Å². The second-order valence-electron chi connectivity index (χ2n) is 6.70. The zero-order valence-electron chi connectivity index (χ0n) is 16.1. The van der Waals surface area contributed by atoms with Gasteiger partial charge >= 0.3 is 6.18 Å². The lowest BCUT2D eigenvalue weighted by Gasteiger charge is -2.15. The minimum atomic E-state index is -4.49. The Bertz CT molecular complexity index is 1310. The fourth-order valence-corrected chi connectivity index (χ4v) is 3.23. The molecule has 0 saturated carbocycles. The van der Waals surface area contributed by atoms with Gasteiger partial charge in [-0.15, -0.1) is 0 Å². The van der Waals surface area contributed by atoms with E-state index in [0.29, 0.717) is 16.8 Å². The number of para-hydroxylation sites is 1. The van der Waals surface area contributed by atoms with Crippen molar-refractivity contribution >= 4 is 10.9 Å². The first-order chi connectivity index (χ1) is 14.3. The van der Waals surface area contributed by atoms with Crippen molar-refractivity contribution in [2.45, 2.75) is 13.1 Å². The van der Waals surface area contributed by atoms with Crippen LogP contribution < -0.4 is 10.2 Å². The summed E-state index contributed by atoms with van der Waals surface area (Å²) in [4.78, 5) is 17.1. The summed E-state index contributed by atoms with van der Waals surface area (Å²) in [6.07, 6.45) is -4.49. The van der Waals surface area contributed by atoms with Crippen LogP contribution in [0, 0.1) is 6.92 Å². The van der Waals surface area contributed by atoms with Crippen LogP contribution in [0.2, 0.25) is 0 Å². The van der Waals surface area contributed by atoms with E-state index in [2.05, 4.69) is 10.1 Å². The van der Waals surface area contributed by atoms with E-state index in [0.717, 1.165) is 17.5 Å². The highest BCUT2D eigenvalue weighted by atomic mass is 19.4. The van der Waals surface area contributed by atoms with Gasteiger partial charge in [-0.25, -0.2) is 9.67 Å². The van der Waals surface area contributed by atoms with Gasteiger partial charge in [0.05, 0.1) is 29.4 Å². The number of alkyl halides is 3. The van der Waals surface area contributed by atoms with E-state index in [9.17, 15) is 18.0 Å². The largest absolute Gasteiger partial charge is 0.480 e. The summed E-state index contributed by atoms with van der Waals surface area (Å²) < 4.78 is 46.1. The van der Waals surface area contributed by atoms with Crippen molar-refractivity contribution in [3.8, 4) is 22.8 Å². The molecule has 5 nitrogen and oxygen atoms in total. The molecule has 2 aromatic heterocycles. The fraction of sp³-hybridized carbons (Fsp3) is 0.136. The molecule has 0 aliphatic heterocycles. The summed E-state index contributed by atoms with van der Waals surface area (Å²) in [6.45, 7) is 1.61. The highest BCUT2D eigenvalue weighted by molar-refractivity contribution is 5.85. The van der Waals surface area contributed by atoms with Gasteiger partial charge < -0.3 is 4.74 Å². The minimum Gasteiger partial charge on any atom is -0.480 e. The normalized spacial score (nSPS) is 11.6. The van der Waals surface area contributed by atoms with Crippen molar-refractivity contribution in [1.29, 1.82) is 0 Å². The first-order valence-electron chi connectivity index (χ1n) is 9.00. The van der Waals surface area contributed by atoms with Gasteiger partial charge in [0.2, 0.25) is 11.3 Å². The van der Waals surface area contributed by atoms with Crippen LogP contribution in [-0.4, -0.2) is 21.9 Å². The summed E-state index contributed by atoms with van der Waals surface area (Å²) in [5.74, 6) is 0.206. The van der Waals surface area contributed by atoms with Crippen molar-refractivity contribution in [2.24, 2.45) is 0 Å². The highest BCUT2D eigenvalue weighted by Crippen LogP contribution is 2.31. The van der Waals surface area contributed by atoms with Gasteiger partial charge in [-0.05, 0) is 37.3 Å². The Hall–Kier alpha value is -3.68. The molecule has 0 aliphatic carbocycles. The first kappa shape index (κ1) is 19.6. The van der Waals surface area contributed by atoms with E-state index in [4.69, 9.17) is 4.74 Å². The van der Waals surface area contributed by atoms with Crippen LogP contribution in [0.5, 0.6) is 5.88 Å². The molecule has 4 aromatic rings. The Kier molecular flexibility index (Phi) is 4.77. The van der Waals surface area contributed by atoms with Gasteiger partial charge in [-0.1, -0.05) is 24.3 Å². The number of hydrogen-bond donors (Lipinski definition) is 0. The number of aryl methyl sites for hydroxylation is 1. The van der Waals surface area contributed by atoms with Gasteiger partial charge in [0, 0.05) is 17.1 Å². The quantitative estimate of drug-likeness (QED) is 0.487. The van der Waals surface area contributed by atoms with Crippen LogP contribution in [0.15, 0.2) is 65.5 Å².